The lowest BCUT2D eigenvalue weighted by Crippen LogP contribution is -2.58. The topological polar surface area (TPSA) is 320 Å². The van der Waals surface area contributed by atoms with E-state index in [1.807, 2.05) is 0 Å². The second-order valence-corrected chi connectivity index (χ2v) is 19.0. The van der Waals surface area contributed by atoms with Crippen molar-refractivity contribution in [3.05, 3.63) is 28.8 Å². The zero-order valence-corrected chi connectivity index (χ0v) is 38.7. The summed E-state index contributed by atoms with van der Waals surface area (Å²) in [7, 11) is 1.19. The van der Waals surface area contributed by atoms with Gasteiger partial charge in [0.15, 0.2) is 30.4 Å². The Balaban J connectivity index is 1.13. The van der Waals surface area contributed by atoms with Crippen LogP contribution in [0.4, 0.5) is 0 Å². The van der Waals surface area contributed by atoms with E-state index in [9.17, 15) is 60.7 Å². The van der Waals surface area contributed by atoms with Crippen LogP contribution in [0.5, 0.6) is 17.2 Å². The van der Waals surface area contributed by atoms with Crippen LogP contribution in [0.25, 0.3) is 10.8 Å². The first kappa shape index (κ1) is 51.6. The molecule has 4 aliphatic heterocycles. The van der Waals surface area contributed by atoms with E-state index in [0.29, 0.717) is 0 Å². The number of Topliss-reactive ketones (excluding diaryl/α,β-unsaturated/α-hetero) is 2. The van der Waals surface area contributed by atoms with Crippen LogP contribution in [0, 0.1) is 12.8 Å². The lowest BCUT2D eigenvalue weighted by atomic mass is 9.75. The molecule has 7 rings (SSSR count). The van der Waals surface area contributed by atoms with E-state index in [0.717, 1.165) is 0 Å². The van der Waals surface area contributed by atoms with Crippen molar-refractivity contribution in [2.24, 2.45) is 5.92 Å². The molecular formula is C46H66O21. The number of rotatable bonds is 13. The van der Waals surface area contributed by atoms with Gasteiger partial charge in [0.25, 0.3) is 0 Å². The zero-order chi connectivity index (χ0) is 49.1. The minimum Gasteiger partial charge on any atom is -0.507 e. The van der Waals surface area contributed by atoms with Crippen LogP contribution >= 0.6 is 0 Å². The molecule has 4 fully saturated rings. The number of ketones is 2. The van der Waals surface area contributed by atoms with Crippen molar-refractivity contribution in [1.29, 1.82) is 0 Å². The van der Waals surface area contributed by atoms with Crippen LogP contribution in [-0.2, 0) is 49.1 Å². The molecule has 21 atom stereocenters. The third kappa shape index (κ3) is 10.3. The molecule has 1 aliphatic carbocycles. The van der Waals surface area contributed by atoms with Crippen LogP contribution in [0.2, 0.25) is 0 Å². The van der Waals surface area contributed by atoms with Crippen LogP contribution in [0.3, 0.4) is 0 Å². The van der Waals surface area contributed by atoms with Gasteiger partial charge in [0.2, 0.25) is 6.29 Å². The van der Waals surface area contributed by atoms with Crippen LogP contribution in [0.15, 0.2) is 12.1 Å². The fraction of sp³-hybridized carbons (Fsp3) is 0.739. The molecule has 4 heterocycles. The van der Waals surface area contributed by atoms with Gasteiger partial charge in [0.05, 0.1) is 65.4 Å². The standard InChI is InChI=1S/C46H66O21/c1-16-27(64-29-12-25(48)37(52)18(3)60-29)11-23-9-22-10-24(43(59-8)41(56)36(51)17(2)47)44(40(55)34(22)39(54)33(23)35(16)50)66-31-14-28(38(53)19(4)61-31)65-30-13-26(49)42(20(5)62-30)67-32-15-46(7,58)45(57)21(6)63-32/h9,11,17-21,24-26,28-32,36-38,42-45,47-54,57-58H,10,12-15H2,1-8H3/t17-,18+,19+,20+,21+,24+,25+,26+,28+,29-,30+,31-,32-,36+,37+,38+,42-,43-,44-,45+,46-/m0/s1. The minimum absolute atomic E-state index is 0.0660. The van der Waals surface area contributed by atoms with Gasteiger partial charge in [-0.05, 0) is 78.0 Å². The van der Waals surface area contributed by atoms with Crippen molar-refractivity contribution < 1.29 is 103 Å². The van der Waals surface area contributed by atoms with Crippen LogP contribution in [0.1, 0.15) is 88.7 Å². The van der Waals surface area contributed by atoms with Gasteiger partial charge in [0.1, 0.15) is 60.0 Å². The lowest BCUT2D eigenvalue weighted by Gasteiger charge is -2.46. The summed E-state index contributed by atoms with van der Waals surface area (Å²) in [6.45, 7) is 10.5. The Morgan fingerprint density at radius 2 is 1.40 bits per heavy atom. The molecule has 0 aromatic heterocycles. The summed E-state index contributed by atoms with van der Waals surface area (Å²) in [5.74, 6) is -3.93. The second kappa shape index (κ2) is 20.3. The summed E-state index contributed by atoms with van der Waals surface area (Å²) < 4.78 is 53.9. The highest BCUT2D eigenvalue weighted by molar-refractivity contribution is 6.11. The molecule has 2 aromatic carbocycles. The van der Waals surface area contributed by atoms with Crippen molar-refractivity contribution in [2.45, 2.75) is 203 Å². The summed E-state index contributed by atoms with van der Waals surface area (Å²) in [5.41, 5.74) is -1.37. The number of phenolic OH excluding ortho intramolecular Hbond substituents is 2. The molecule has 4 saturated heterocycles. The Morgan fingerprint density at radius 1 is 0.791 bits per heavy atom. The SMILES string of the molecule is CO[C@H](C(=O)[C@H](O)[C@H](C)O)[C@H]1Cc2cc3cc(O[C@H]4C[C@@H](O)[C@H](O)[C@@H](C)O4)c(C)c(O)c3c(O)c2C(=O)[C@H]1O[C@H]1C[C@@H](O[C@@H]2C[C@@H](O)[C@@H](O[C@H]3C[C@](C)(O)[C@H](O)[C@@H](C)O3)[C@@H](C)O2)[C@H](O)[C@@H](C)O1. The molecule has 0 spiro atoms. The molecular weight excluding hydrogens is 888 g/mol. The Kier molecular flexibility index (Phi) is 15.6. The van der Waals surface area contributed by atoms with E-state index in [-0.39, 0.29) is 65.3 Å². The Bertz CT molecular complexity index is 2070. The summed E-state index contributed by atoms with van der Waals surface area (Å²) in [6, 6.07) is 3.02. The summed E-state index contributed by atoms with van der Waals surface area (Å²) in [4.78, 5) is 28.6. The predicted molar refractivity (Wildman–Crippen MR) is 229 cm³/mol. The summed E-state index contributed by atoms with van der Waals surface area (Å²) in [6.07, 6.45) is -22.8. The van der Waals surface area contributed by atoms with Crippen LogP contribution in [-0.4, -0.2) is 192 Å². The highest BCUT2D eigenvalue weighted by Gasteiger charge is 2.51. The first-order valence-corrected chi connectivity index (χ1v) is 22.8. The molecule has 2 aromatic rings. The third-order valence-electron chi connectivity index (χ3n) is 13.9. The largest absolute Gasteiger partial charge is 0.507 e. The van der Waals surface area contributed by atoms with Crippen molar-refractivity contribution in [2.75, 3.05) is 7.11 Å². The predicted octanol–water partition coefficient (Wildman–Crippen LogP) is -0.130. The monoisotopic (exact) mass is 954 g/mol. The smallest absolute Gasteiger partial charge is 0.202 e. The summed E-state index contributed by atoms with van der Waals surface area (Å²) in [5, 5.41) is 108. The molecule has 67 heavy (non-hydrogen) atoms. The van der Waals surface area contributed by atoms with Gasteiger partial charge in [-0.15, -0.1) is 0 Å². The number of methoxy groups -OCH3 is 1. The molecule has 5 aliphatic rings. The number of aliphatic hydroxyl groups is 8. The number of fused-ring (bicyclic) bond motifs is 2. The van der Waals surface area contributed by atoms with Gasteiger partial charge in [-0.3, -0.25) is 9.59 Å². The fourth-order valence-corrected chi connectivity index (χ4v) is 9.97. The first-order chi connectivity index (χ1) is 31.4. The second-order valence-electron chi connectivity index (χ2n) is 19.0. The van der Waals surface area contributed by atoms with Gasteiger partial charge in [0, 0.05) is 44.3 Å². The number of aromatic hydroxyl groups is 2. The molecule has 0 radical (unpaired) electrons. The van der Waals surface area contributed by atoms with E-state index < -0.39 is 151 Å². The minimum atomic E-state index is -1.92. The van der Waals surface area contributed by atoms with Crippen molar-refractivity contribution in [3.63, 3.8) is 0 Å². The van der Waals surface area contributed by atoms with Crippen molar-refractivity contribution in [1.82, 2.24) is 0 Å². The maximum absolute atomic E-state index is 14.8. The fourth-order valence-electron chi connectivity index (χ4n) is 9.97. The molecule has 21 heteroatoms. The average molecular weight is 955 g/mol. The highest BCUT2D eigenvalue weighted by atomic mass is 16.7. The number of carbonyl (C=O) groups excluding carboxylic acids is 2. The molecule has 0 amide bonds. The number of hydrogen-bond acceptors (Lipinski definition) is 21. The van der Waals surface area contributed by atoms with Gasteiger partial charge >= 0.3 is 0 Å². The number of aliphatic hydroxyl groups excluding tert-OH is 7. The van der Waals surface area contributed by atoms with E-state index in [1.54, 1.807) is 27.7 Å². The maximum Gasteiger partial charge on any atom is 0.202 e. The number of benzene rings is 2. The zero-order valence-electron chi connectivity index (χ0n) is 38.7. The summed E-state index contributed by atoms with van der Waals surface area (Å²) >= 11 is 0. The Hall–Kier alpha value is -3.20. The number of phenols is 2. The quantitative estimate of drug-likeness (QED) is 0.125. The van der Waals surface area contributed by atoms with Gasteiger partial charge in [-0.2, -0.15) is 0 Å². The van der Waals surface area contributed by atoms with Gasteiger partial charge in [-0.1, -0.05) is 0 Å². The number of hydrogen-bond donors (Lipinski definition) is 10. The first-order valence-electron chi connectivity index (χ1n) is 22.8. The van der Waals surface area contributed by atoms with Gasteiger partial charge < -0.3 is 93.7 Å². The highest BCUT2D eigenvalue weighted by Crippen LogP contribution is 2.47. The number of ether oxygens (including phenoxy) is 9. The van der Waals surface area contributed by atoms with Crippen molar-refractivity contribution >= 4 is 22.3 Å². The lowest BCUT2D eigenvalue weighted by molar-refractivity contribution is -0.337. The molecule has 21 nitrogen and oxygen atoms in total. The van der Waals surface area contributed by atoms with E-state index in [4.69, 9.17) is 42.6 Å². The Labute approximate surface area is 387 Å². The molecule has 10 N–H and O–H groups in total. The van der Waals surface area contributed by atoms with Gasteiger partial charge in [-0.25, -0.2) is 0 Å². The normalized spacial score (nSPS) is 40.8. The Morgan fingerprint density at radius 3 is 2.03 bits per heavy atom. The van der Waals surface area contributed by atoms with Crippen molar-refractivity contribution in [3.8, 4) is 17.2 Å². The van der Waals surface area contributed by atoms with E-state index in [1.165, 1.54) is 40.0 Å². The molecule has 0 saturated carbocycles. The molecule has 0 unspecified atom stereocenters. The van der Waals surface area contributed by atoms with E-state index in [2.05, 4.69) is 0 Å². The number of carbonyl (C=O) groups is 2. The third-order valence-corrected chi connectivity index (χ3v) is 13.9. The van der Waals surface area contributed by atoms with E-state index >= 15 is 0 Å². The maximum atomic E-state index is 14.8. The van der Waals surface area contributed by atoms with Crippen LogP contribution < -0.4 is 4.74 Å². The average Bonchev–Trinajstić information content (AvgIpc) is 3.24. The molecule has 376 valence electrons. The molecule has 0 bridgehead atoms.